The smallest absolute Gasteiger partial charge is 0.394 e. The number of carbonyl (C=O) groups excluding carboxylic acids is 1. The Balaban J connectivity index is 2.15. The van der Waals surface area contributed by atoms with E-state index in [-0.39, 0.29) is 22.8 Å². The molecule has 1 atom stereocenters. The second-order valence-electron chi connectivity index (χ2n) is 6.07. The van der Waals surface area contributed by atoms with Crippen LogP contribution in [0.5, 0.6) is 17.2 Å². The quantitative estimate of drug-likeness (QED) is 0.363. The van der Waals surface area contributed by atoms with Crippen molar-refractivity contribution in [1.82, 2.24) is 5.32 Å². The third kappa shape index (κ3) is 6.09. The number of benzene rings is 2. The molecule has 0 saturated heterocycles. The fourth-order valence-corrected chi connectivity index (χ4v) is 3.43. The van der Waals surface area contributed by atoms with E-state index in [0.29, 0.717) is 11.3 Å². The highest BCUT2D eigenvalue weighted by molar-refractivity contribution is 7.87. The lowest BCUT2D eigenvalue weighted by Crippen LogP contribution is -2.45. The molecular formula is C19H19NO10S. The number of ether oxygens (including phenoxy) is 2. The Bertz CT molecular complexity index is 1080. The molecule has 0 saturated carbocycles. The third-order valence-corrected chi connectivity index (χ3v) is 5.25. The molecule has 0 bridgehead atoms. The summed E-state index contributed by atoms with van der Waals surface area (Å²) < 4.78 is 40.2. The molecule has 12 heteroatoms. The van der Waals surface area contributed by atoms with Crippen molar-refractivity contribution in [3.05, 3.63) is 48.0 Å². The molecule has 2 aromatic rings. The fraction of sp³-hybridized carbons (Fsp3) is 0.211. The maximum absolute atomic E-state index is 12.5. The fourth-order valence-electron chi connectivity index (χ4n) is 2.48. The van der Waals surface area contributed by atoms with Gasteiger partial charge >= 0.3 is 28.0 Å². The molecule has 2 aromatic carbocycles. The van der Waals surface area contributed by atoms with Crippen molar-refractivity contribution >= 4 is 28.0 Å². The number of methoxy groups -OCH3 is 2. The van der Waals surface area contributed by atoms with E-state index in [0.717, 1.165) is 0 Å². The largest absolute Gasteiger partial charge is 0.493 e. The Kier molecular flexibility index (Phi) is 7.42. The molecule has 31 heavy (non-hydrogen) atoms. The maximum Gasteiger partial charge on any atom is 0.394 e. The number of hydrogen-bond donors (Lipinski definition) is 3. The predicted molar refractivity (Wildman–Crippen MR) is 105 cm³/mol. The van der Waals surface area contributed by atoms with Gasteiger partial charge in [0, 0.05) is 12.5 Å². The Morgan fingerprint density at radius 2 is 1.58 bits per heavy atom. The number of carboxylic acids is 2. The molecule has 0 heterocycles. The molecule has 0 radical (unpaired) electrons. The SMILES string of the molecule is COc1ccc(S(=O)(=O)Oc2ccc(C[C@@H](NC(=O)C(=O)O)C(=O)O)cc2)cc1OC. The number of carbonyl (C=O) groups is 3. The van der Waals surface area contributed by atoms with Gasteiger partial charge < -0.3 is 29.2 Å². The van der Waals surface area contributed by atoms with Gasteiger partial charge in [-0.1, -0.05) is 12.1 Å². The molecule has 0 aliphatic heterocycles. The van der Waals surface area contributed by atoms with Crippen molar-refractivity contribution in [2.75, 3.05) is 14.2 Å². The molecule has 0 aliphatic rings. The van der Waals surface area contributed by atoms with Crippen LogP contribution in [-0.4, -0.2) is 56.7 Å². The van der Waals surface area contributed by atoms with Gasteiger partial charge in [-0.05, 0) is 29.8 Å². The van der Waals surface area contributed by atoms with Gasteiger partial charge in [0.1, 0.15) is 16.7 Å². The summed E-state index contributed by atoms with van der Waals surface area (Å²) in [6.07, 6.45) is -0.225. The first-order valence-corrected chi connectivity index (χ1v) is 10.00. The van der Waals surface area contributed by atoms with Gasteiger partial charge in [-0.2, -0.15) is 8.42 Å². The topological polar surface area (TPSA) is 166 Å². The summed E-state index contributed by atoms with van der Waals surface area (Å²) in [6.45, 7) is 0. The zero-order chi connectivity index (χ0) is 23.2. The van der Waals surface area contributed by atoms with Crippen LogP contribution in [0.3, 0.4) is 0 Å². The number of aliphatic carboxylic acids is 2. The normalized spacial score (nSPS) is 11.8. The summed E-state index contributed by atoms with van der Waals surface area (Å²) in [4.78, 5) is 32.9. The molecule has 166 valence electrons. The number of carboxylic acid groups (broad SMARTS) is 2. The molecule has 0 unspecified atom stereocenters. The molecule has 3 N–H and O–H groups in total. The van der Waals surface area contributed by atoms with E-state index >= 15 is 0 Å². The van der Waals surface area contributed by atoms with Crippen molar-refractivity contribution in [3.8, 4) is 17.2 Å². The summed E-state index contributed by atoms with van der Waals surface area (Å²) >= 11 is 0. The summed E-state index contributed by atoms with van der Waals surface area (Å²) in [6, 6.07) is 7.83. The number of rotatable bonds is 9. The van der Waals surface area contributed by atoms with Crippen molar-refractivity contribution in [1.29, 1.82) is 0 Å². The van der Waals surface area contributed by atoms with Crippen LogP contribution in [0.2, 0.25) is 0 Å². The van der Waals surface area contributed by atoms with Crippen molar-refractivity contribution in [3.63, 3.8) is 0 Å². The second kappa shape index (κ2) is 9.80. The van der Waals surface area contributed by atoms with Crippen LogP contribution in [-0.2, 0) is 30.9 Å². The highest BCUT2D eigenvalue weighted by atomic mass is 32.2. The first kappa shape index (κ1) is 23.5. The summed E-state index contributed by atoms with van der Waals surface area (Å²) in [7, 11) is -1.43. The molecular weight excluding hydrogens is 434 g/mol. The summed E-state index contributed by atoms with van der Waals surface area (Å²) in [5.41, 5.74) is 0.397. The average molecular weight is 453 g/mol. The van der Waals surface area contributed by atoms with Crippen LogP contribution >= 0.6 is 0 Å². The Morgan fingerprint density at radius 3 is 2.10 bits per heavy atom. The van der Waals surface area contributed by atoms with Crippen LogP contribution in [0.25, 0.3) is 0 Å². The minimum Gasteiger partial charge on any atom is -0.493 e. The molecule has 11 nitrogen and oxygen atoms in total. The van der Waals surface area contributed by atoms with E-state index in [2.05, 4.69) is 0 Å². The summed E-state index contributed by atoms with van der Waals surface area (Å²) in [5, 5.41) is 19.6. The van der Waals surface area contributed by atoms with Crippen LogP contribution in [0, 0.1) is 0 Å². The molecule has 2 rings (SSSR count). The Hall–Kier alpha value is -3.80. The van der Waals surface area contributed by atoms with Gasteiger partial charge in [-0.25, -0.2) is 9.59 Å². The highest BCUT2D eigenvalue weighted by Gasteiger charge is 2.24. The zero-order valence-electron chi connectivity index (χ0n) is 16.4. The van der Waals surface area contributed by atoms with Gasteiger partial charge in [0.15, 0.2) is 11.5 Å². The molecule has 0 aromatic heterocycles. The van der Waals surface area contributed by atoms with E-state index < -0.39 is 34.0 Å². The molecule has 0 aliphatic carbocycles. The second-order valence-corrected chi connectivity index (χ2v) is 7.62. The van der Waals surface area contributed by atoms with E-state index in [1.165, 1.54) is 56.7 Å². The monoisotopic (exact) mass is 453 g/mol. The molecule has 0 fully saturated rings. The highest BCUT2D eigenvalue weighted by Crippen LogP contribution is 2.30. The van der Waals surface area contributed by atoms with E-state index in [1.54, 1.807) is 0 Å². The van der Waals surface area contributed by atoms with Gasteiger partial charge in [0.25, 0.3) is 0 Å². The zero-order valence-corrected chi connectivity index (χ0v) is 17.2. The van der Waals surface area contributed by atoms with Gasteiger partial charge in [-0.3, -0.25) is 4.79 Å². The van der Waals surface area contributed by atoms with Gasteiger partial charge in [0.2, 0.25) is 0 Å². The van der Waals surface area contributed by atoms with E-state index in [1.807, 2.05) is 5.32 Å². The van der Waals surface area contributed by atoms with Crippen LogP contribution in [0.1, 0.15) is 5.56 Å². The van der Waals surface area contributed by atoms with Crippen molar-refractivity contribution in [2.45, 2.75) is 17.4 Å². The standard InChI is InChI=1S/C19H19NO10S/c1-28-15-8-7-13(10-16(15)29-2)31(26,27)30-12-5-3-11(4-6-12)9-14(18(22)23)20-17(21)19(24)25/h3-8,10,14H,9H2,1-2H3,(H,20,21)(H,22,23)(H,24,25)/t14-/m1/s1. The van der Waals surface area contributed by atoms with Gasteiger partial charge in [-0.15, -0.1) is 0 Å². The lowest BCUT2D eigenvalue weighted by atomic mass is 10.1. The molecule has 1 amide bonds. The Labute approximate surface area is 177 Å². The van der Waals surface area contributed by atoms with E-state index in [9.17, 15) is 22.8 Å². The number of amides is 1. The average Bonchev–Trinajstić information content (AvgIpc) is 2.73. The van der Waals surface area contributed by atoms with Crippen LogP contribution < -0.4 is 19.0 Å². The molecule has 0 spiro atoms. The van der Waals surface area contributed by atoms with Crippen LogP contribution in [0.4, 0.5) is 0 Å². The van der Waals surface area contributed by atoms with Crippen molar-refractivity contribution < 1.29 is 46.7 Å². The van der Waals surface area contributed by atoms with Crippen LogP contribution in [0.15, 0.2) is 47.4 Å². The third-order valence-electron chi connectivity index (χ3n) is 4.01. The number of hydrogen-bond acceptors (Lipinski definition) is 8. The van der Waals surface area contributed by atoms with Crippen molar-refractivity contribution in [2.24, 2.45) is 0 Å². The minimum atomic E-state index is -4.20. The van der Waals surface area contributed by atoms with Gasteiger partial charge in [0.05, 0.1) is 14.2 Å². The first-order chi connectivity index (χ1) is 14.6. The maximum atomic E-state index is 12.5. The lowest BCUT2D eigenvalue weighted by Gasteiger charge is -2.14. The van der Waals surface area contributed by atoms with E-state index in [4.69, 9.17) is 23.9 Å². The number of nitrogens with one attached hydrogen (secondary N) is 1. The minimum absolute atomic E-state index is 0.0417. The summed E-state index contributed by atoms with van der Waals surface area (Å²) in [5.74, 6) is -4.19. The lowest BCUT2D eigenvalue weighted by molar-refractivity contribution is -0.152. The predicted octanol–water partition coefficient (Wildman–Crippen LogP) is 0.668. The Morgan fingerprint density at radius 1 is 0.968 bits per heavy atom. The first-order valence-electron chi connectivity index (χ1n) is 8.59.